The van der Waals surface area contributed by atoms with E-state index >= 15 is 0 Å². The van der Waals surface area contributed by atoms with Crippen LogP contribution in [0.3, 0.4) is 0 Å². The standard InChI is InChI=1S/C14H12BrN3O/c1-19-12-6-10(15)5-11(7-12)18-14-3-2-9(8-16)4-13(14)17/h2-7,18H,17H2,1H3. The third-order valence-electron chi connectivity index (χ3n) is 2.57. The average molecular weight is 318 g/mol. The zero-order valence-corrected chi connectivity index (χ0v) is 11.9. The van der Waals surface area contributed by atoms with Gasteiger partial charge in [-0.1, -0.05) is 15.9 Å². The first-order chi connectivity index (χ1) is 9.12. The summed E-state index contributed by atoms with van der Waals surface area (Å²) in [5, 5.41) is 12.0. The molecule has 0 bridgehead atoms. The number of rotatable bonds is 3. The largest absolute Gasteiger partial charge is 0.497 e. The molecule has 0 aromatic heterocycles. The molecule has 3 N–H and O–H groups in total. The number of nitrogen functional groups attached to an aromatic ring is 1. The Balaban J connectivity index is 2.31. The molecular weight excluding hydrogens is 306 g/mol. The van der Waals surface area contributed by atoms with E-state index in [1.54, 1.807) is 25.3 Å². The number of nitrogens with zero attached hydrogens (tertiary/aromatic N) is 1. The van der Waals surface area contributed by atoms with Gasteiger partial charge in [-0.05, 0) is 30.3 Å². The quantitative estimate of drug-likeness (QED) is 0.847. The van der Waals surface area contributed by atoms with Gasteiger partial charge in [0.25, 0.3) is 0 Å². The molecule has 19 heavy (non-hydrogen) atoms. The van der Waals surface area contributed by atoms with Gasteiger partial charge in [-0.15, -0.1) is 0 Å². The summed E-state index contributed by atoms with van der Waals surface area (Å²) >= 11 is 3.41. The van der Waals surface area contributed by atoms with Gasteiger partial charge in [-0.25, -0.2) is 0 Å². The summed E-state index contributed by atoms with van der Waals surface area (Å²) in [5.74, 6) is 0.740. The molecule has 0 saturated heterocycles. The van der Waals surface area contributed by atoms with Gasteiger partial charge in [0.05, 0.1) is 30.1 Å². The summed E-state index contributed by atoms with van der Waals surface area (Å²) in [4.78, 5) is 0. The van der Waals surface area contributed by atoms with Crippen LogP contribution < -0.4 is 15.8 Å². The second-order valence-corrected chi connectivity index (χ2v) is 4.83. The van der Waals surface area contributed by atoms with Gasteiger partial charge < -0.3 is 15.8 Å². The number of nitriles is 1. The first kappa shape index (κ1) is 13.2. The molecule has 0 radical (unpaired) electrons. The van der Waals surface area contributed by atoms with Crippen molar-refractivity contribution in [2.45, 2.75) is 0 Å². The number of nitrogens with one attached hydrogen (secondary N) is 1. The van der Waals surface area contributed by atoms with E-state index in [4.69, 9.17) is 15.7 Å². The van der Waals surface area contributed by atoms with E-state index in [9.17, 15) is 0 Å². The highest BCUT2D eigenvalue weighted by Crippen LogP contribution is 2.29. The number of methoxy groups -OCH3 is 1. The molecule has 4 nitrogen and oxygen atoms in total. The minimum absolute atomic E-state index is 0.526. The van der Waals surface area contributed by atoms with E-state index in [-0.39, 0.29) is 0 Å². The topological polar surface area (TPSA) is 71.1 Å². The lowest BCUT2D eigenvalue weighted by Gasteiger charge is -2.11. The van der Waals surface area contributed by atoms with Crippen molar-refractivity contribution < 1.29 is 4.74 Å². The van der Waals surface area contributed by atoms with Crippen LogP contribution in [0.25, 0.3) is 0 Å². The zero-order valence-electron chi connectivity index (χ0n) is 10.3. The van der Waals surface area contributed by atoms with E-state index in [1.807, 2.05) is 18.2 Å². The lowest BCUT2D eigenvalue weighted by atomic mass is 10.2. The van der Waals surface area contributed by atoms with Gasteiger partial charge in [-0.3, -0.25) is 0 Å². The normalized spacial score (nSPS) is 9.74. The van der Waals surface area contributed by atoms with Crippen molar-refractivity contribution in [2.24, 2.45) is 0 Å². The van der Waals surface area contributed by atoms with Crippen molar-refractivity contribution >= 4 is 33.0 Å². The van der Waals surface area contributed by atoms with Crippen LogP contribution >= 0.6 is 15.9 Å². The van der Waals surface area contributed by atoms with Crippen LogP contribution in [0.4, 0.5) is 17.1 Å². The molecule has 0 aliphatic carbocycles. The minimum atomic E-state index is 0.526. The second kappa shape index (κ2) is 5.63. The van der Waals surface area contributed by atoms with Crippen LogP contribution in [0, 0.1) is 11.3 Å². The summed E-state index contributed by atoms with van der Waals surface area (Å²) in [5.41, 5.74) is 8.56. The predicted octanol–water partition coefficient (Wildman–Crippen LogP) is 3.66. The Kier molecular flexibility index (Phi) is 3.93. The Labute approximate surface area is 119 Å². The third kappa shape index (κ3) is 3.18. The Morgan fingerprint density at radius 2 is 2.05 bits per heavy atom. The number of nitrogens with two attached hydrogens (primary N) is 1. The molecule has 0 fully saturated rings. The van der Waals surface area contributed by atoms with Crippen LogP contribution in [-0.2, 0) is 0 Å². The van der Waals surface area contributed by atoms with Crippen LogP contribution in [0.1, 0.15) is 5.56 Å². The van der Waals surface area contributed by atoms with Crippen LogP contribution in [0.15, 0.2) is 40.9 Å². The third-order valence-corrected chi connectivity index (χ3v) is 3.02. The van der Waals surface area contributed by atoms with Gasteiger partial charge in [-0.2, -0.15) is 5.26 Å². The summed E-state index contributed by atoms with van der Waals surface area (Å²) < 4.78 is 6.10. The average Bonchev–Trinajstić information content (AvgIpc) is 2.40. The van der Waals surface area contributed by atoms with Gasteiger partial charge >= 0.3 is 0 Å². The molecule has 2 aromatic carbocycles. The molecular formula is C14H12BrN3O. The van der Waals surface area contributed by atoms with E-state index in [0.717, 1.165) is 21.6 Å². The van der Waals surface area contributed by atoms with Crippen molar-refractivity contribution in [3.63, 3.8) is 0 Å². The Morgan fingerprint density at radius 1 is 1.26 bits per heavy atom. The number of halogens is 1. The fourth-order valence-corrected chi connectivity index (χ4v) is 2.13. The lowest BCUT2D eigenvalue weighted by Crippen LogP contribution is -1.97. The summed E-state index contributed by atoms with van der Waals surface area (Å²) in [7, 11) is 1.61. The highest BCUT2D eigenvalue weighted by atomic mass is 79.9. The monoisotopic (exact) mass is 317 g/mol. The number of hydrogen-bond acceptors (Lipinski definition) is 4. The van der Waals surface area contributed by atoms with Crippen LogP contribution in [0.2, 0.25) is 0 Å². The van der Waals surface area contributed by atoms with E-state index < -0.39 is 0 Å². The number of ether oxygens (including phenoxy) is 1. The molecule has 0 heterocycles. The maximum Gasteiger partial charge on any atom is 0.122 e. The summed E-state index contributed by atoms with van der Waals surface area (Å²) in [6.07, 6.45) is 0. The minimum Gasteiger partial charge on any atom is -0.497 e. The summed E-state index contributed by atoms with van der Waals surface area (Å²) in [6.45, 7) is 0. The predicted molar refractivity (Wildman–Crippen MR) is 79.5 cm³/mol. The van der Waals surface area contributed by atoms with Crippen LogP contribution in [-0.4, -0.2) is 7.11 Å². The van der Waals surface area contributed by atoms with Crippen molar-refractivity contribution in [2.75, 3.05) is 18.2 Å². The van der Waals surface area contributed by atoms with E-state index in [1.165, 1.54) is 0 Å². The Morgan fingerprint density at radius 3 is 2.68 bits per heavy atom. The van der Waals surface area contributed by atoms with Crippen molar-refractivity contribution in [3.8, 4) is 11.8 Å². The van der Waals surface area contributed by atoms with Crippen LogP contribution in [0.5, 0.6) is 5.75 Å². The first-order valence-corrected chi connectivity index (χ1v) is 6.33. The highest BCUT2D eigenvalue weighted by molar-refractivity contribution is 9.10. The molecule has 2 aromatic rings. The molecule has 96 valence electrons. The maximum atomic E-state index is 8.80. The van der Waals surface area contributed by atoms with Gasteiger partial charge in [0.2, 0.25) is 0 Å². The lowest BCUT2D eigenvalue weighted by molar-refractivity contribution is 0.415. The van der Waals surface area contributed by atoms with Gasteiger partial charge in [0, 0.05) is 16.2 Å². The van der Waals surface area contributed by atoms with Gasteiger partial charge in [0.1, 0.15) is 5.75 Å². The molecule has 0 aliphatic rings. The molecule has 0 atom stereocenters. The molecule has 0 amide bonds. The zero-order chi connectivity index (χ0) is 13.8. The number of hydrogen-bond donors (Lipinski definition) is 2. The number of anilines is 3. The molecule has 5 heteroatoms. The fraction of sp³-hybridized carbons (Fsp3) is 0.0714. The van der Waals surface area contributed by atoms with E-state index in [2.05, 4.69) is 27.3 Å². The Bertz CT molecular complexity index is 650. The molecule has 0 saturated carbocycles. The second-order valence-electron chi connectivity index (χ2n) is 3.92. The van der Waals surface area contributed by atoms with Crippen molar-refractivity contribution in [1.82, 2.24) is 0 Å². The molecule has 2 rings (SSSR count). The maximum absolute atomic E-state index is 8.80. The van der Waals surface area contributed by atoms with Crippen molar-refractivity contribution in [1.29, 1.82) is 5.26 Å². The molecule has 0 aliphatic heterocycles. The van der Waals surface area contributed by atoms with Gasteiger partial charge in [0.15, 0.2) is 0 Å². The SMILES string of the molecule is COc1cc(Br)cc(Nc2ccc(C#N)cc2N)c1. The molecule has 0 spiro atoms. The van der Waals surface area contributed by atoms with E-state index in [0.29, 0.717) is 11.3 Å². The first-order valence-electron chi connectivity index (χ1n) is 5.53. The fourth-order valence-electron chi connectivity index (χ4n) is 1.65. The Hall–Kier alpha value is -2.19. The highest BCUT2D eigenvalue weighted by Gasteiger charge is 2.04. The van der Waals surface area contributed by atoms with Crippen molar-refractivity contribution in [3.05, 3.63) is 46.4 Å². The number of benzene rings is 2. The molecule has 0 unspecified atom stereocenters. The summed E-state index contributed by atoms with van der Waals surface area (Å²) in [6, 6.07) is 12.8. The smallest absolute Gasteiger partial charge is 0.122 e.